The van der Waals surface area contributed by atoms with Gasteiger partial charge in [0.1, 0.15) is 5.82 Å². The number of piperidine rings is 1. The van der Waals surface area contributed by atoms with Crippen LogP contribution >= 0.6 is 0 Å². The van der Waals surface area contributed by atoms with Crippen LogP contribution in [0, 0.1) is 0 Å². The summed E-state index contributed by atoms with van der Waals surface area (Å²) in [5.41, 5.74) is 4.22. The van der Waals surface area contributed by atoms with Crippen LogP contribution in [0.5, 0.6) is 0 Å². The molecule has 6 nitrogen and oxygen atoms in total. The monoisotopic (exact) mass is 379 g/mol. The van der Waals surface area contributed by atoms with Gasteiger partial charge in [-0.15, -0.1) is 0 Å². The number of likely N-dealkylation sites (tertiary alicyclic amines) is 1. The fourth-order valence-corrected chi connectivity index (χ4v) is 4.14. The molecule has 2 aromatic rings. The number of hydrogen-bond acceptors (Lipinski definition) is 5. The van der Waals surface area contributed by atoms with Crippen molar-refractivity contribution in [3.8, 4) is 0 Å². The average molecular weight is 380 g/mol. The summed E-state index contributed by atoms with van der Waals surface area (Å²) >= 11 is 0. The minimum Gasteiger partial charge on any atom is -0.378 e. The molecule has 1 atom stereocenters. The molecular formula is C22H29N5O. The van der Waals surface area contributed by atoms with Crippen LogP contribution in [-0.4, -0.2) is 66.5 Å². The van der Waals surface area contributed by atoms with Crippen molar-refractivity contribution in [1.29, 1.82) is 0 Å². The van der Waals surface area contributed by atoms with E-state index in [0.717, 1.165) is 56.0 Å². The lowest BCUT2D eigenvalue weighted by Gasteiger charge is -2.33. The molecule has 148 valence electrons. The summed E-state index contributed by atoms with van der Waals surface area (Å²) in [5, 5.41) is 0. The van der Waals surface area contributed by atoms with E-state index in [4.69, 9.17) is 4.98 Å². The van der Waals surface area contributed by atoms with Gasteiger partial charge in [-0.3, -0.25) is 4.79 Å². The van der Waals surface area contributed by atoms with Crippen LogP contribution in [0.1, 0.15) is 46.2 Å². The summed E-state index contributed by atoms with van der Waals surface area (Å²) < 4.78 is 0. The smallest absolute Gasteiger partial charge is 0.253 e. The van der Waals surface area contributed by atoms with Crippen LogP contribution in [0.3, 0.4) is 0 Å². The van der Waals surface area contributed by atoms with Crippen LogP contribution in [0.2, 0.25) is 0 Å². The van der Waals surface area contributed by atoms with Gasteiger partial charge in [-0.05, 0) is 38.1 Å². The highest BCUT2D eigenvalue weighted by Gasteiger charge is 2.28. The van der Waals surface area contributed by atoms with Crippen molar-refractivity contribution in [3.05, 3.63) is 53.1 Å². The summed E-state index contributed by atoms with van der Waals surface area (Å²) in [6, 6.07) is 7.85. The SMILES string of the molecule is CN1CCc2nc([C@H]3CCCN(C(=O)c4cccc(N(C)C)c4)C3)ncc2C1. The van der Waals surface area contributed by atoms with Gasteiger partial charge in [0.15, 0.2) is 0 Å². The third kappa shape index (κ3) is 3.87. The number of nitrogens with zero attached hydrogens (tertiary/aromatic N) is 5. The first-order valence-electron chi connectivity index (χ1n) is 10.1. The summed E-state index contributed by atoms with van der Waals surface area (Å²) in [5.74, 6) is 1.23. The standard InChI is InChI=1S/C22H29N5O/c1-25(2)19-8-4-6-16(12-19)22(28)27-10-5-7-17(15-27)21-23-13-18-14-26(3)11-9-20(18)24-21/h4,6,8,12-13,17H,5,7,9-11,14-15H2,1-3H3/t17-/m0/s1. The molecule has 1 amide bonds. The predicted octanol–water partition coefficient (Wildman–Crippen LogP) is 2.55. The molecule has 1 aromatic carbocycles. The quantitative estimate of drug-likeness (QED) is 0.820. The maximum absolute atomic E-state index is 13.1. The molecule has 0 bridgehead atoms. The predicted molar refractivity (Wildman–Crippen MR) is 111 cm³/mol. The van der Waals surface area contributed by atoms with Crippen LogP contribution < -0.4 is 4.90 Å². The molecule has 1 saturated heterocycles. The molecule has 0 N–H and O–H groups in total. The zero-order valence-corrected chi connectivity index (χ0v) is 17.1. The Morgan fingerprint density at radius 3 is 2.93 bits per heavy atom. The lowest BCUT2D eigenvalue weighted by molar-refractivity contribution is 0.0704. The molecule has 0 aliphatic carbocycles. The van der Waals surface area contributed by atoms with Gasteiger partial charge in [-0.2, -0.15) is 0 Å². The van der Waals surface area contributed by atoms with Crippen LogP contribution in [0.25, 0.3) is 0 Å². The molecule has 0 radical (unpaired) electrons. The van der Waals surface area contributed by atoms with Crippen LogP contribution in [0.4, 0.5) is 5.69 Å². The lowest BCUT2D eigenvalue weighted by Crippen LogP contribution is -2.39. The number of carbonyl (C=O) groups excluding carboxylic acids is 1. The second-order valence-electron chi connectivity index (χ2n) is 8.22. The van der Waals surface area contributed by atoms with Crippen molar-refractivity contribution in [2.75, 3.05) is 45.7 Å². The van der Waals surface area contributed by atoms with E-state index in [2.05, 4.69) is 16.9 Å². The highest BCUT2D eigenvalue weighted by Crippen LogP contribution is 2.27. The van der Waals surface area contributed by atoms with Gasteiger partial charge in [0, 0.05) is 81.3 Å². The van der Waals surface area contributed by atoms with Gasteiger partial charge in [0.25, 0.3) is 5.91 Å². The van der Waals surface area contributed by atoms with Crippen molar-refractivity contribution in [2.24, 2.45) is 0 Å². The van der Waals surface area contributed by atoms with Crippen LogP contribution in [-0.2, 0) is 13.0 Å². The summed E-state index contributed by atoms with van der Waals surface area (Å²) in [4.78, 5) is 28.9. The van der Waals surface area contributed by atoms with E-state index in [1.165, 1.54) is 11.3 Å². The highest BCUT2D eigenvalue weighted by atomic mass is 16.2. The number of amides is 1. The fourth-order valence-electron chi connectivity index (χ4n) is 4.14. The highest BCUT2D eigenvalue weighted by molar-refractivity contribution is 5.95. The van der Waals surface area contributed by atoms with Gasteiger partial charge in [-0.1, -0.05) is 6.07 Å². The van der Waals surface area contributed by atoms with E-state index in [9.17, 15) is 4.79 Å². The molecule has 1 fully saturated rings. The zero-order valence-electron chi connectivity index (χ0n) is 17.1. The van der Waals surface area contributed by atoms with Crippen molar-refractivity contribution in [2.45, 2.75) is 31.7 Å². The molecule has 3 heterocycles. The van der Waals surface area contributed by atoms with Gasteiger partial charge >= 0.3 is 0 Å². The number of carbonyl (C=O) groups is 1. The van der Waals surface area contributed by atoms with Crippen molar-refractivity contribution in [3.63, 3.8) is 0 Å². The van der Waals surface area contributed by atoms with E-state index in [0.29, 0.717) is 6.54 Å². The molecule has 0 saturated carbocycles. The Morgan fingerprint density at radius 1 is 1.25 bits per heavy atom. The number of likely N-dealkylation sites (N-methyl/N-ethyl adjacent to an activating group) is 1. The Kier molecular flexibility index (Phi) is 5.31. The van der Waals surface area contributed by atoms with Gasteiger partial charge < -0.3 is 14.7 Å². The third-order valence-corrected chi connectivity index (χ3v) is 5.83. The van der Waals surface area contributed by atoms with Gasteiger partial charge in [-0.25, -0.2) is 9.97 Å². The first-order valence-corrected chi connectivity index (χ1v) is 10.1. The second kappa shape index (κ2) is 7.87. The number of rotatable bonds is 3. The zero-order chi connectivity index (χ0) is 19.7. The normalized spacial score (nSPS) is 20.0. The number of anilines is 1. The topological polar surface area (TPSA) is 52.6 Å². The molecular weight excluding hydrogens is 350 g/mol. The van der Waals surface area contributed by atoms with Gasteiger partial charge in [0.05, 0.1) is 0 Å². The van der Waals surface area contributed by atoms with E-state index < -0.39 is 0 Å². The molecule has 1 aromatic heterocycles. The molecule has 28 heavy (non-hydrogen) atoms. The molecule has 4 rings (SSSR count). The number of hydrogen-bond donors (Lipinski definition) is 0. The Balaban J connectivity index is 1.50. The van der Waals surface area contributed by atoms with Crippen LogP contribution in [0.15, 0.2) is 30.5 Å². The van der Waals surface area contributed by atoms with E-state index in [1.54, 1.807) is 0 Å². The molecule has 6 heteroatoms. The average Bonchev–Trinajstić information content (AvgIpc) is 2.73. The summed E-state index contributed by atoms with van der Waals surface area (Å²) in [6.07, 6.45) is 5.01. The summed E-state index contributed by atoms with van der Waals surface area (Å²) in [6.45, 7) is 3.47. The molecule has 0 spiro atoms. The number of aromatic nitrogens is 2. The number of fused-ring (bicyclic) bond motifs is 1. The number of benzene rings is 1. The largest absolute Gasteiger partial charge is 0.378 e. The minimum atomic E-state index is 0.105. The third-order valence-electron chi connectivity index (χ3n) is 5.83. The van der Waals surface area contributed by atoms with E-state index >= 15 is 0 Å². The Hall–Kier alpha value is -2.47. The van der Waals surface area contributed by atoms with Gasteiger partial charge in [0.2, 0.25) is 0 Å². The molecule has 2 aliphatic rings. The first-order chi connectivity index (χ1) is 13.5. The Labute approximate surface area is 167 Å². The minimum absolute atomic E-state index is 0.105. The van der Waals surface area contributed by atoms with Crippen molar-refractivity contribution < 1.29 is 4.79 Å². The van der Waals surface area contributed by atoms with E-state index in [-0.39, 0.29) is 11.8 Å². The molecule has 0 unspecified atom stereocenters. The van der Waals surface area contributed by atoms with E-state index in [1.807, 2.05) is 54.4 Å². The first kappa shape index (κ1) is 18.9. The maximum atomic E-state index is 13.1. The van der Waals surface area contributed by atoms with Crippen molar-refractivity contribution >= 4 is 11.6 Å². The molecule has 2 aliphatic heterocycles. The Bertz CT molecular complexity index is 866. The Morgan fingerprint density at radius 2 is 2.11 bits per heavy atom. The fraction of sp³-hybridized carbons (Fsp3) is 0.500. The summed E-state index contributed by atoms with van der Waals surface area (Å²) in [7, 11) is 6.12. The maximum Gasteiger partial charge on any atom is 0.253 e. The second-order valence-corrected chi connectivity index (χ2v) is 8.22. The van der Waals surface area contributed by atoms with Crippen molar-refractivity contribution in [1.82, 2.24) is 19.8 Å². The lowest BCUT2D eigenvalue weighted by atomic mass is 9.95.